The Kier molecular flexibility index (Phi) is 5.03. The molecule has 1 unspecified atom stereocenters. The highest BCUT2D eigenvalue weighted by Gasteiger charge is 2.12. The molecule has 0 fully saturated rings. The second kappa shape index (κ2) is 6.06. The Morgan fingerprint density at radius 1 is 1.50 bits per heavy atom. The van der Waals surface area contributed by atoms with Crippen LogP contribution in [-0.4, -0.2) is 22.8 Å². The number of pyridine rings is 1. The Morgan fingerprint density at radius 2 is 2.19 bits per heavy atom. The van der Waals surface area contributed by atoms with Crippen LogP contribution in [0.25, 0.3) is 0 Å². The molecular weight excluding hydrogens is 247 g/mol. The maximum absolute atomic E-state index is 11.6. The van der Waals surface area contributed by atoms with Crippen molar-refractivity contribution in [1.29, 1.82) is 0 Å². The first-order valence-corrected chi connectivity index (χ1v) is 5.86. The van der Waals surface area contributed by atoms with Crippen LogP contribution in [0.3, 0.4) is 0 Å². The molecule has 1 rings (SSSR count). The molecule has 0 saturated heterocycles. The number of halogens is 2. The molecule has 1 heterocycles. The lowest BCUT2D eigenvalue weighted by molar-refractivity contribution is 0.0947. The molecule has 1 atom stereocenters. The third-order valence-corrected chi connectivity index (χ3v) is 3.02. The summed E-state index contributed by atoms with van der Waals surface area (Å²) >= 11 is 11.7. The summed E-state index contributed by atoms with van der Waals surface area (Å²) in [7, 11) is 0. The van der Waals surface area contributed by atoms with E-state index in [9.17, 15) is 4.79 Å². The maximum Gasteiger partial charge on any atom is 0.269 e. The predicted octanol–water partition coefficient (Wildman–Crippen LogP) is 2.73. The van der Waals surface area contributed by atoms with Crippen molar-refractivity contribution >= 4 is 29.1 Å². The summed E-state index contributed by atoms with van der Waals surface area (Å²) in [4.78, 5) is 15.5. The number of nitrogens with zero attached hydrogens (tertiary/aromatic N) is 1. The van der Waals surface area contributed by atoms with E-state index in [0.29, 0.717) is 23.2 Å². The monoisotopic (exact) mass is 260 g/mol. The van der Waals surface area contributed by atoms with Gasteiger partial charge in [-0.05, 0) is 18.1 Å². The van der Waals surface area contributed by atoms with Crippen LogP contribution in [0.15, 0.2) is 18.3 Å². The Balaban J connectivity index is 2.50. The van der Waals surface area contributed by atoms with E-state index in [2.05, 4.69) is 10.3 Å². The SMILES string of the molecule is CC(C)C(Cl)CNC(=O)c1ccc(Cl)cn1. The molecule has 0 saturated carbocycles. The van der Waals surface area contributed by atoms with Gasteiger partial charge in [-0.15, -0.1) is 11.6 Å². The normalized spacial score (nSPS) is 12.6. The molecule has 0 aromatic carbocycles. The van der Waals surface area contributed by atoms with E-state index in [0.717, 1.165) is 0 Å². The minimum Gasteiger partial charge on any atom is -0.349 e. The zero-order valence-electron chi connectivity index (χ0n) is 9.21. The summed E-state index contributed by atoms with van der Waals surface area (Å²) in [6, 6.07) is 3.21. The lowest BCUT2D eigenvalue weighted by Gasteiger charge is -2.13. The van der Waals surface area contributed by atoms with Gasteiger partial charge in [0.15, 0.2) is 0 Å². The summed E-state index contributed by atoms with van der Waals surface area (Å²) in [6.07, 6.45) is 1.44. The van der Waals surface area contributed by atoms with E-state index in [-0.39, 0.29) is 11.3 Å². The van der Waals surface area contributed by atoms with Crippen molar-refractivity contribution in [3.8, 4) is 0 Å². The summed E-state index contributed by atoms with van der Waals surface area (Å²) < 4.78 is 0. The lowest BCUT2D eigenvalue weighted by Crippen LogP contribution is -2.32. The van der Waals surface area contributed by atoms with Gasteiger partial charge in [0.1, 0.15) is 5.69 Å². The standard InChI is InChI=1S/C11H14Cl2N2O/c1-7(2)9(13)6-15-11(16)10-4-3-8(12)5-14-10/h3-5,7,9H,6H2,1-2H3,(H,15,16). The zero-order chi connectivity index (χ0) is 12.1. The number of nitrogens with one attached hydrogen (secondary N) is 1. The molecule has 0 radical (unpaired) electrons. The first kappa shape index (κ1) is 13.3. The molecule has 0 bridgehead atoms. The molecule has 5 heteroatoms. The second-order valence-electron chi connectivity index (χ2n) is 3.83. The minimum absolute atomic E-state index is 0.0729. The van der Waals surface area contributed by atoms with Crippen molar-refractivity contribution in [1.82, 2.24) is 10.3 Å². The number of rotatable bonds is 4. The van der Waals surface area contributed by atoms with Gasteiger partial charge in [-0.2, -0.15) is 0 Å². The van der Waals surface area contributed by atoms with Crippen molar-refractivity contribution in [2.45, 2.75) is 19.2 Å². The van der Waals surface area contributed by atoms with E-state index in [1.807, 2.05) is 13.8 Å². The van der Waals surface area contributed by atoms with Gasteiger partial charge in [0.2, 0.25) is 0 Å². The molecule has 1 aromatic rings. The van der Waals surface area contributed by atoms with Crippen molar-refractivity contribution in [2.24, 2.45) is 5.92 Å². The van der Waals surface area contributed by atoms with E-state index >= 15 is 0 Å². The van der Waals surface area contributed by atoms with Crippen LogP contribution in [0.1, 0.15) is 24.3 Å². The Bertz CT molecular complexity index is 352. The van der Waals surface area contributed by atoms with E-state index in [4.69, 9.17) is 23.2 Å². The molecule has 1 amide bonds. The van der Waals surface area contributed by atoms with Crippen molar-refractivity contribution in [3.05, 3.63) is 29.0 Å². The second-order valence-corrected chi connectivity index (χ2v) is 4.83. The molecule has 0 aliphatic carbocycles. The Morgan fingerprint density at radius 3 is 2.69 bits per heavy atom. The van der Waals surface area contributed by atoms with Gasteiger partial charge in [-0.1, -0.05) is 25.4 Å². The molecule has 16 heavy (non-hydrogen) atoms. The smallest absolute Gasteiger partial charge is 0.269 e. The van der Waals surface area contributed by atoms with E-state index in [1.54, 1.807) is 12.1 Å². The predicted molar refractivity (Wildman–Crippen MR) is 66.1 cm³/mol. The van der Waals surface area contributed by atoms with Crippen LogP contribution in [0, 0.1) is 5.92 Å². The van der Waals surface area contributed by atoms with Gasteiger partial charge in [-0.25, -0.2) is 4.98 Å². The first-order valence-electron chi connectivity index (χ1n) is 5.04. The molecular formula is C11H14Cl2N2O. The molecule has 88 valence electrons. The highest BCUT2D eigenvalue weighted by Crippen LogP contribution is 2.09. The summed E-state index contributed by atoms with van der Waals surface area (Å²) in [5, 5.41) is 3.16. The van der Waals surface area contributed by atoms with Gasteiger partial charge in [0, 0.05) is 12.7 Å². The minimum atomic E-state index is -0.233. The summed E-state index contributed by atoms with van der Waals surface area (Å²) in [6.45, 7) is 4.44. The Hall–Kier alpha value is -0.800. The van der Waals surface area contributed by atoms with Gasteiger partial charge >= 0.3 is 0 Å². The van der Waals surface area contributed by atoms with Crippen LogP contribution in [-0.2, 0) is 0 Å². The fourth-order valence-corrected chi connectivity index (χ4v) is 1.22. The third kappa shape index (κ3) is 3.99. The van der Waals surface area contributed by atoms with Crippen molar-refractivity contribution in [2.75, 3.05) is 6.54 Å². The van der Waals surface area contributed by atoms with E-state index in [1.165, 1.54) is 6.20 Å². The Labute approximate surface area is 105 Å². The maximum atomic E-state index is 11.6. The van der Waals surface area contributed by atoms with Gasteiger partial charge < -0.3 is 5.32 Å². The van der Waals surface area contributed by atoms with Crippen LogP contribution in [0.5, 0.6) is 0 Å². The summed E-state index contributed by atoms with van der Waals surface area (Å²) in [5.41, 5.74) is 0.344. The molecule has 0 aliphatic heterocycles. The molecule has 0 aliphatic rings. The van der Waals surface area contributed by atoms with Crippen molar-refractivity contribution < 1.29 is 4.79 Å². The third-order valence-electron chi connectivity index (χ3n) is 2.14. The average Bonchev–Trinajstić information content (AvgIpc) is 2.26. The summed E-state index contributed by atoms with van der Waals surface area (Å²) in [5.74, 6) is 0.0862. The van der Waals surface area contributed by atoms with Crippen LogP contribution in [0.2, 0.25) is 5.02 Å². The average molecular weight is 261 g/mol. The van der Waals surface area contributed by atoms with E-state index < -0.39 is 0 Å². The van der Waals surface area contributed by atoms with Crippen LogP contribution < -0.4 is 5.32 Å². The quantitative estimate of drug-likeness (QED) is 0.847. The first-order chi connectivity index (χ1) is 7.50. The molecule has 0 spiro atoms. The fourth-order valence-electron chi connectivity index (χ4n) is 1.03. The number of carbonyl (C=O) groups is 1. The number of hydrogen-bond donors (Lipinski definition) is 1. The lowest BCUT2D eigenvalue weighted by atomic mass is 10.1. The number of hydrogen-bond acceptors (Lipinski definition) is 2. The van der Waals surface area contributed by atoms with Gasteiger partial charge in [0.05, 0.1) is 10.4 Å². The highest BCUT2D eigenvalue weighted by molar-refractivity contribution is 6.30. The largest absolute Gasteiger partial charge is 0.349 e. The zero-order valence-corrected chi connectivity index (χ0v) is 10.7. The number of carbonyl (C=O) groups excluding carboxylic acids is 1. The van der Waals surface area contributed by atoms with Crippen LogP contribution in [0.4, 0.5) is 0 Å². The fraction of sp³-hybridized carbons (Fsp3) is 0.455. The van der Waals surface area contributed by atoms with Gasteiger partial charge in [0.25, 0.3) is 5.91 Å². The number of alkyl halides is 1. The van der Waals surface area contributed by atoms with Crippen molar-refractivity contribution in [3.63, 3.8) is 0 Å². The topological polar surface area (TPSA) is 42.0 Å². The number of amides is 1. The van der Waals surface area contributed by atoms with Gasteiger partial charge in [-0.3, -0.25) is 4.79 Å². The molecule has 1 N–H and O–H groups in total. The molecule has 3 nitrogen and oxygen atoms in total. The number of aromatic nitrogens is 1. The highest BCUT2D eigenvalue weighted by atomic mass is 35.5. The molecule has 1 aromatic heterocycles. The van der Waals surface area contributed by atoms with Crippen LogP contribution >= 0.6 is 23.2 Å².